The lowest BCUT2D eigenvalue weighted by Crippen LogP contribution is -2.60. The number of nitrogens with two attached hydrogens (primary N) is 1. The van der Waals surface area contributed by atoms with E-state index in [9.17, 15) is 122 Å². The van der Waals surface area contributed by atoms with E-state index in [0.717, 1.165) is 0 Å². The Morgan fingerprint density at radius 1 is 0.432 bits per heavy atom. The van der Waals surface area contributed by atoms with Crippen molar-refractivity contribution < 1.29 is 122 Å². The number of aliphatic hydroxyl groups is 1. The van der Waals surface area contributed by atoms with E-state index < -0.39 is 256 Å². The summed E-state index contributed by atoms with van der Waals surface area (Å²) in [6.45, 7) is -0.0489. The van der Waals surface area contributed by atoms with Crippen molar-refractivity contribution in [1.82, 2.24) is 84.0 Å². The quantitative estimate of drug-likeness (QED) is 0.0164. The van der Waals surface area contributed by atoms with Crippen LogP contribution in [0, 0.1) is 5.92 Å². The van der Waals surface area contributed by atoms with Crippen LogP contribution in [0.3, 0.4) is 0 Å². The zero-order valence-electron chi connectivity index (χ0n) is 67.9. The lowest BCUT2D eigenvalue weighted by atomic mass is 10.00. The fourth-order valence-electron chi connectivity index (χ4n) is 13.4. The number of hydrogen-bond acceptors (Lipinski definition) is 24. The van der Waals surface area contributed by atoms with Crippen LogP contribution in [-0.2, 0) is 112 Å². The van der Waals surface area contributed by atoms with Crippen molar-refractivity contribution >= 4 is 154 Å². The number of aromatic hydroxyl groups is 2. The summed E-state index contributed by atoms with van der Waals surface area (Å²) >= 11 is 8.43. The van der Waals surface area contributed by atoms with E-state index in [4.69, 9.17) is 5.73 Å². The molecule has 0 aliphatic carbocycles. The van der Waals surface area contributed by atoms with Crippen molar-refractivity contribution in [3.63, 3.8) is 0 Å². The Balaban J connectivity index is 0.982. The number of likely N-dealkylation sites (tertiary alicyclic amines) is 1. The van der Waals surface area contributed by atoms with Gasteiger partial charge in [-0.1, -0.05) is 74.5 Å². The minimum absolute atomic E-state index is 0.00841. The Hall–Kier alpha value is -13.4. The number of phenols is 2. The minimum atomic E-state index is -1.88. The first-order chi connectivity index (χ1) is 59.4. The molecule has 1 aliphatic rings. The molecule has 4 aromatic carbocycles. The SMILES string of the molecule is CC(C)C[C@H](NC(=O)[C@H](Cc1c[nH]c2ccccc12)NC(=O)[C@H](Cc1ccc(O)cc1)NC(=O)[C@H](CS)NC(=O)[C@H](CCC(=O)O)NC(=O)[C@H](CCC(=O)O)NC(=O)CNC(=O)CNC(=O)[C@H](Cc1ccc(O)cc1)NC(=O)[C@H](CCC(=O)O)NC(=O)CNC(=O)[C@@H]1CCCN1C(=O)[C@H](Cc1c[nH]c2ccccc12)NC(=O)[C@H](CS)NC(=O)[C@@H](N)CO)C(=O)O. The summed E-state index contributed by atoms with van der Waals surface area (Å²) < 4.78 is 0. The third kappa shape index (κ3) is 31.2. The molecule has 0 bridgehead atoms. The molecule has 1 fully saturated rings. The smallest absolute Gasteiger partial charge is 0.326 e. The van der Waals surface area contributed by atoms with Crippen molar-refractivity contribution in [3.8, 4) is 11.5 Å². The van der Waals surface area contributed by atoms with Crippen molar-refractivity contribution in [2.75, 3.05) is 44.3 Å². The highest BCUT2D eigenvalue weighted by atomic mass is 32.1. The molecule has 2 aromatic heterocycles. The fourth-order valence-corrected chi connectivity index (χ4v) is 13.9. The van der Waals surface area contributed by atoms with Gasteiger partial charge in [-0.2, -0.15) is 25.3 Å². The van der Waals surface area contributed by atoms with E-state index in [2.05, 4.69) is 104 Å². The molecule has 3 heterocycles. The maximum atomic E-state index is 14.6. The number of aliphatic carboxylic acids is 4. The number of fused-ring (bicyclic) bond motifs is 2. The molecule has 44 heteroatoms. The summed E-state index contributed by atoms with van der Waals surface area (Å²) in [6.07, 6.45) is -1.80. The number of nitrogens with one attached hydrogen (secondary N) is 15. The fraction of sp³-hybridized carbons (Fsp3) is 0.432. The lowest BCUT2D eigenvalue weighted by molar-refractivity contribution is -0.143. The van der Waals surface area contributed by atoms with Crippen LogP contribution >= 0.6 is 25.3 Å². The molecule has 24 N–H and O–H groups in total. The molecule has 0 spiro atoms. The second-order valence-electron chi connectivity index (χ2n) is 29.9. The number of H-pyrrole nitrogens is 2. The van der Waals surface area contributed by atoms with Crippen molar-refractivity contribution in [1.29, 1.82) is 0 Å². The number of aromatic amines is 2. The molecule has 674 valence electrons. The highest BCUT2D eigenvalue weighted by Gasteiger charge is 2.41. The van der Waals surface area contributed by atoms with Crippen LogP contribution in [0.5, 0.6) is 11.5 Å². The van der Waals surface area contributed by atoms with E-state index in [0.29, 0.717) is 44.1 Å². The minimum Gasteiger partial charge on any atom is -0.508 e. The number of benzene rings is 4. The predicted molar refractivity (Wildman–Crippen MR) is 451 cm³/mol. The third-order valence-corrected chi connectivity index (χ3v) is 20.7. The van der Waals surface area contributed by atoms with Gasteiger partial charge in [0.2, 0.25) is 82.7 Å². The first kappa shape index (κ1) is 98.7. The third-order valence-electron chi connectivity index (χ3n) is 20.0. The number of aromatic nitrogens is 2. The van der Waals surface area contributed by atoms with Crippen LogP contribution in [0.1, 0.15) is 93.9 Å². The van der Waals surface area contributed by atoms with E-state index in [1.165, 1.54) is 53.4 Å². The molecule has 0 radical (unpaired) electrons. The molecule has 12 atom stereocenters. The molecule has 14 amide bonds. The average Bonchev–Trinajstić information content (AvgIpc) is 1.67. The molecular formula is C81H103N17O25S2. The van der Waals surface area contributed by atoms with Gasteiger partial charge in [0.15, 0.2) is 0 Å². The van der Waals surface area contributed by atoms with Gasteiger partial charge in [0.05, 0.1) is 26.2 Å². The van der Waals surface area contributed by atoms with Gasteiger partial charge in [0.25, 0.3) is 0 Å². The van der Waals surface area contributed by atoms with Gasteiger partial charge < -0.3 is 125 Å². The van der Waals surface area contributed by atoms with Gasteiger partial charge in [-0.05, 0) is 103 Å². The van der Waals surface area contributed by atoms with Gasteiger partial charge in [0.1, 0.15) is 84.0 Å². The van der Waals surface area contributed by atoms with Gasteiger partial charge in [-0.25, -0.2) is 4.79 Å². The number of thiol groups is 2. The van der Waals surface area contributed by atoms with Crippen LogP contribution in [0.4, 0.5) is 0 Å². The first-order valence-electron chi connectivity index (χ1n) is 39.7. The number of aliphatic hydroxyl groups excluding tert-OH is 1. The number of nitrogens with zero attached hydrogens (tertiary/aromatic N) is 1. The normalized spacial score (nSPS) is 15.0. The van der Waals surface area contributed by atoms with E-state index in [1.54, 1.807) is 74.8 Å². The standard InChI is InChI=1S/C81H103N17O25S2/c1-41(2)28-60(81(122)123)95-76(117)58(31-44-33-83-51-10-5-3-8-48(44)51)93-75(116)57(30-43-15-19-47(101)20-16-43)92-77(118)62(40-125)97-74(115)55(23-26-69(109)110)90-72(113)53(21-24-67(105)106)88-65(103)36-85-64(102)35-86-71(112)56(29-42-13-17-46(100)18-14-42)91-73(114)54(22-25-68(107)108)89-66(104)37-87-79(120)63-12-7-27-98(63)80(121)59(32-45-34-84-52-11-6-4-9-49(45)52)94-78(119)61(39-124)96-70(111)50(82)38-99/h3-6,8-11,13-20,33-34,41,50,53-63,83-84,99-101,124-125H,7,12,21-32,35-40,82H2,1-2H3,(H,85,102)(H,86,112)(H,87,120)(H,88,103)(H,89,104)(H,90,113)(H,91,114)(H,92,118)(H,93,116)(H,94,119)(H,95,117)(H,96,111)(H,97,115)(H,105,106)(H,107,108)(H,109,110)(H,122,123)/t50-,53-,54-,55-,56-,57-,58-,59-,60-,61-,62-,63-/m0/s1. The monoisotopic (exact) mass is 1780 g/mol. The second-order valence-corrected chi connectivity index (χ2v) is 30.6. The van der Waals surface area contributed by atoms with Gasteiger partial charge in [0, 0.05) is 97.2 Å². The first-order valence-corrected chi connectivity index (χ1v) is 41.0. The number of phenolic OH excluding ortho intramolecular Hbond substituents is 2. The summed E-state index contributed by atoms with van der Waals surface area (Å²) in [5, 5.41) is 101. The molecular weight excluding hydrogens is 1680 g/mol. The molecule has 7 rings (SSSR count). The van der Waals surface area contributed by atoms with Crippen LogP contribution < -0.4 is 74.9 Å². The molecule has 1 aliphatic heterocycles. The van der Waals surface area contributed by atoms with Crippen LogP contribution in [0.25, 0.3) is 21.8 Å². The van der Waals surface area contributed by atoms with Gasteiger partial charge in [-0.15, -0.1) is 0 Å². The number of rotatable bonds is 50. The second kappa shape index (κ2) is 48.5. The number of amides is 14. The summed E-state index contributed by atoms with van der Waals surface area (Å²) in [5.41, 5.74) is 8.80. The Bertz CT molecular complexity index is 4880. The Kier molecular flexibility index (Phi) is 38.3. The van der Waals surface area contributed by atoms with E-state index in [-0.39, 0.29) is 68.2 Å². The molecule has 0 unspecified atom stereocenters. The van der Waals surface area contributed by atoms with Crippen molar-refractivity contribution in [3.05, 3.63) is 132 Å². The predicted octanol–water partition coefficient (Wildman–Crippen LogP) is -3.58. The lowest BCUT2D eigenvalue weighted by Gasteiger charge is -2.30. The van der Waals surface area contributed by atoms with Crippen molar-refractivity contribution in [2.45, 2.75) is 170 Å². The van der Waals surface area contributed by atoms with Crippen LogP contribution in [-0.4, -0.2) is 274 Å². The summed E-state index contributed by atoms with van der Waals surface area (Å²) in [4.78, 5) is 251. The van der Waals surface area contributed by atoms with E-state index in [1.807, 2.05) is 0 Å². The maximum absolute atomic E-state index is 14.6. The maximum Gasteiger partial charge on any atom is 0.326 e. The molecule has 1 saturated heterocycles. The Morgan fingerprint density at radius 2 is 0.800 bits per heavy atom. The summed E-state index contributed by atoms with van der Waals surface area (Å²) in [6, 6.07) is 6.11. The van der Waals surface area contributed by atoms with Crippen LogP contribution in [0.2, 0.25) is 0 Å². The number of carboxylic acid groups (broad SMARTS) is 4. The number of para-hydroxylation sites is 2. The number of carbonyl (C=O) groups excluding carboxylic acids is 14. The van der Waals surface area contributed by atoms with Crippen LogP contribution in [0.15, 0.2) is 109 Å². The molecule has 125 heavy (non-hydrogen) atoms. The molecule has 0 saturated carbocycles. The van der Waals surface area contributed by atoms with Gasteiger partial charge >= 0.3 is 23.9 Å². The summed E-state index contributed by atoms with van der Waals surface area (Å²) in [7, 11) is 0. The van der Waals surface area contributed by atoms with Crippen molar-refractivity contribution in [2.24, 2.45) is 11.7 Å². The zero-order valence-corrected chi connectivity index (χ0v) is 69.7. The summed E-state index contributed by atoms with van der Waals surface area (Å²) in [5.74, 6) is -21.5. The zero-order chi connectivity index (χ0) is 91.7. The van der Waals surface area contributed by atoms with E-state index >= 15 is 0 Å². The Labute approximate surface area is 725 Å². The number of carbonyl (C=O) groups is 18. The molecule has 42 nitrogen and oxygen atoms in total. The highest BCUT2D eigenvalue weighted by Crippen LogP contribution is 2.25. The Morgan fingerprint density at radius 3 is 1.24 bits per heavy atom. The number of carboxylic acids is 4. The van der Waals surface area contributed by atoms with Gasteiger partial charge in [-0.3, -0.25) is 81.5 Å². The highest BCUT2D eigenvalue weighted by molar-refractivity contribution is 7.80. The average molecular weight is 1780 g/mol. The topological polar surface area (TPSA) is 666 Å². The number of hydrogen-bond donors (Lipinski definition) is 25. The largest absolute Gasteiger partial charge is 0.508 e. The molecule has 6 aromatic rings.